The normalized spacial score (nSPS) is 23.8. The molecule has 0 aromatic heterocycles. The number of benzene rings is 1. The highest BCUT2D eigenvalue weighted by Crippen LogP contribution is 2.30. The van der Waals surface area contributed by atoms with Crippen molar-refractivity contribution in [1.82, 2.24) is 10.0 Å². The van der Waals surface area contributed by atoms with Gasteiger partial charge in [0.05, 0.1) is 10.0 Å². The molecule has 2 rings (SSSR count). The van der Waals surface area contributed by atoms with Crippen LogP contribution in [0.4, 0.5) is 0 Å². The lowest BCUT2D eigenvalue weighted by Gasteiger charge is -2.28. The number of hydrogen-bond acceptors (Lipinski definition) is 3. The SMILES string of the molecule is CNC1CCC(NS(=O)(=O)c2c(Cl)cccc2Cl)CC1. The quantitative estimate of drug-likeness (QED) is 0.888. The van der Waals surface area contributed by atoms with Gasteiger partial charge in [0.2, 0.25) is 10.0 Å². The van der Waals surface area contributed by atoms with Crippen LogP contribution in [-0.4, -0.2) is 27.5 Å². The summed E-state index contributed by atoms with van der Waals surface area (Å²) in [7, 11) is -1.75. The van der Waals surface area contributed by atoms with E-state index in [0.717, 1.165) is 25.7 Å². The van der Waals surface area contributed by atoms with Crippen molar-refractivity contribution in [3.05, 3.63) is 28.2 Å². The van der Waals surface area contributed by atoms with Gasteiger partial charge in [-0.05, 0) is 44.9 Å². The third-order valence-corrected chi connectivity index (χ3v) is 6.12. The van der Waals surface area contributed by atoms with Gasteiger partial charge in [0.25, 0.3) is 0 Å². The predicted octanol–water partition coefficient (Wildman–Crippen LogP) is 2.80. The van der Waals surface area contributed by atoms with Gasteiger partial charge >= 0.3 is 0 Å². The lowest BCUT2D eigenvalue weighted by Crippen LogP contribution is -2.41. The fraction of sp³-hybridized carbons (Fsp3) is 0.538. The molecule has 0 spiro atoms. The minimum Gasteiger partial charge on any atom is -0.317 e. The molecule has 1 aromatic carbocycles. The van der Waals surface area contributed by atoms with E-state index < -0.39 is 10.0 Å². The summed E-state index contributed by atoms with van der Waals surface area (Å²) in [4.78, 5) is -0.0286. The Labute approximate surface area is 129 Å². The highest BCUT2D eigenvalue weighted by molar-refractivity contribution is 7.89. The van der Waals surface area contributed by atoms with Crippen molar-refractivity contribution in [2.75, 3.05) is 7.05 Å². The second kappa shape index (κ2) is 6.62. The standard InChI is InChI=1S/C13H18Cl2N2O2S/c1-16-9-5-7-10(8-6-9)17-20(18,19)13-11(14)3-2-4-12(13)15/h2-4,9-10,16-17H,5-8H2,1H3. The van der Waals surface area contributed by atoms with Crippen molar-refractivity contribution in [3.8, 4) is 0 Å². The van der Waals surface area contributed by atoms with Crippen LogP contribution in [0.2, 0.25) is 10.0 Å². The highest BCUT2D eigenvalue weighted by atomic mass is 35.5. The van der Waals surface area contributed by atoms with Crippen LogP contribution in [0.5, 0.6) is 0 Å². The second-order valence-electron chi connectivity index (χ2n) is 5.01. The van der Waals surface area contributed by atoms with E-state index in [0.29, 0.717) is 6.04 Å². The molecular formula is C13H18Cl2N2O2S. The van der Waals surface area contributed by atoms with Crippen LogP contribution < -0.4 is 10.0 Å². The van der Waals surface area contributed by atoms with Crippen molar-refractivity contribution < 1.29 is 8.42 Å². The van der Waals surface area contributed by atoms with E-state index in [1.165, 1.54) is 12.1 Å². The Morgan fingerprint density at radius 2 is 1.55 bits per heavy atom. The minimum atomic E-state index is -3.68. The average molecular weight is 337 g/mol. The van der Waals surface area contributed by atoms with Gasteiger partial charge in [0.1, 0.15) is 4.90 Å². The Hall–Kier alpha value is -0.330. The lowest BCUT2D eigenvalue weighted by atomic mass is 9.92. The van der Waals surface area contributed by atoms with Gasteiger partial charge in [0, 0.05) is 12.1 Å². The fourth-order valence-electron chi connectivity index (χ4n) is 2.52. The van der Waals surface area contributed by atoms with Gasteiger partial charge in [0.15, 0.2) is 0 Å². The van der Waals surface area contributed by atoms with Crippen LogP contribution in [0.15, 0.2) is 23.1 Å². The van der Waals surface area contributed by atoms with E-state index >= 15 is 0 Å². The van der Waals surface area contributed by atoms with Crippen LogP contribution in [0.3, 0.4) is 0 Å². The summed E-state index contributed by atoms with van der Waals surface area (Å²) in [6, 6.07) is 5.10. The molecule has 0 aliphatic heterocycles. The van der Waals surface area contributed by atoms with E-state index in [2.05, 4.69) is 10.0 Å². The largest absolute Gasteiger partial charge is 0.317 e. The summed E-state index contributed by atoms with van der Waals surface area (Å²) in [6.07, 6.45) is 3.54. The number of hydrogen-bond donors (Lipinski definition) is 2. The van der Waals surface area contributed by atoms with Crippen molar-refractivity contribution in [2.24, 2.45) is 0 Å². The molecule has 1 aliphatic rings. The van der Waals surface area contributed by atoms with Gasteiger partial charge in [-0.25, -0.2) is 13.1 Å². The third-order valence-electron chi connectivity index (χ3n) is 3.64. The Kier molecular flexibility index (Phi) is 5.31. The Bertz CT molecular complexity index is 549. The number of sulfonamides is 1. The zero-order chi connectivity index (χ0) is 14.8. The second-order valence-corrected chi connectivity index (χ2v) is 7.47. The zero-order valence-electron chi connectivity index (χ0n) is 11.2. The van der Waals surface area contributed by atoms with Crippen molar-refractivity contribution in [3.63, 3.8) is 0 Å². The summed E-state index contributed by atoms with van der Waals surface area (Å²) >= 11 is 11.9. The molecule has 112 valence electrons. The molecule has 1 aliphatic carbocycles. The molecule has 7 heteroatoms. The van der Waals surface area contributed by atoms with Gasteiger partial charge in [-0.1, -0.05) is 29.3 Å². The molecule has 0 bridgehead atoms. The first-order chi connectivity index (χ1) is 9.44. The van der Waals surface area contributed by atoms with E-state index in [1.807, 2.05) is 7.05 Å². The highest BCUT2D eigenvalue weighted by Gasteiger charge is 2.27. The Balaban J connectivity index is 2.12. The first-order valence-corrected chi connectivity index (χ1v) is 8.81. The molecule has 0 saturated heterocycles. The predicted molar refractivity (Wildman–Crippen MR) is 81.9 cm³/mol. The average Bonchev–Trinajstić information content (AvgIpc) is 2.38. The molecule has 1 fully saturated rings. The molecule has 1 saturated carbocycles. The molecule has 0 atom stereocenters. The third kappa shape index (κ3) is 3.65. The zero-order valence-corrected chi connectivity index (χ0v) is 13.5. The first-order valence-electron chi connectivity index (χ1n) is 6.57. The summed E-state index contributed by atoms with van der Waals surface area (Å²) in [6.45, 7) is 0. The minimum absolute atomic E-state index is 0.0286. The summed E-state index contributed by atoms with van der Waals surface area (Å²) in [5, 5.41) is 3.51. The van der Waals surface area contributed by atoms with Crippen molar-refractivity contribution in [1.29, 1.82) is 0 Å². The van der Waals surface area contributed by atoms with Gasteiger partial charge in [-0.2, -0.15) is 0 Å². The molecule has 1 aromatic rings. The fourth-order valence-corrected chi connectivity index (χ4v) is 4.97. The molecular weight excluding hydrogens is 319 g/mol. The molecule has 20 heavy (non-hydrogen) atoms. The van der Waals surface area contributed by atoms with E-state index in [4.69, 9.17) is 23.2 Å². The van der Waals surface area contributed by atoms with E-state index in [1.54, 1.807) is 6.07 Å². The molecule has 0 radical (unpaired) electrons. The molecule has 4 nitrogen and oxygen atoms in total. The Morgan fingerprint density at radius 3 is 2.05 bits per heavy atom. The topological polar surface area (TPSA) is 58.2 Å². The first kappa shape index (κ1) is 16.0. The van der Waals surface area contributed by atoms with Crippen LogP contribution in [0, 0.1) is 0 Å². The maximum atomic E-state index is 12.4. The molecule has 0 heterocycles. The summed E-state index contributed by atoms with van der Waals surface area (Å²) < 4.78 is 27.5. The van der Waals surface area contributed by atoms with Gasteiger partial charge in [-0.3, -0.25) is 0 Å². The number of rotatable bonds is 4. The maximum absolute atomic E-state index is 12.4. The number of halogens is 2. The van der Waals surface area contributed by atoms with Crippen LogP contribution in [0.25, 0.3) is 0 Å². The summed E-state index contributed by atoms with van der Waals surface area (Å²) in [5.41, 5.74) is 0. The summed E-state index contributed by atoms with van der Waals surface area (Å²) in [5.74, 6) is 0. The maximum Gasteiger partial charge on any atom is 0.243 e. The van der Waals surface area contributed by atoms with Crippen LogP contribution in [0.1, 0.15) is 25.7 Å². The monoisotopic (exact) mass is 336 g/mol. The lowest BCUT2D eigenvalue weighted by molar-refractivity contribution is 0.343. The van der Waals surface area contributed by atoms with E-state index in [-0.39, 0.29) is 21.0 Å². The van der Waals surface area contributed by atoms with Gasteiger partial charge < -0.3 is 5.32 Å². The molecule has 2 N–H and O–H groups in total. The van der Waals surface area contributed by atoms with Crippen LogP contribution >= 0.6 is 23.2 Å². The molecule has 0 amide bonds. The Morgan fingerprint density at radius 1 is 1.05 bits per heavy atom. The molecule has 0 unspecified atom stereocenters. The number of nitrogens with one attached hydrogen (secondary N) is 2. The van der Waals surface area contributed by atoms with Crippen molar-refractivity contribution in [2.45, 2.75) is 42.7 Å². The van der Waals surface area contributed by atoms with Crippen molar-refractivity contribution >= 4 is 33.2 Å². The smallest absolute Gasteiger partial charge is 0.243 e. The van der Waals surface area contributed by atoms with Crippen LogP contribution in [-0.2, 0) is 10.0 Å². The van der Waals surface area contributed by atoms with E-state index in [9.17, 15) is 8.42 Å². The van der Waals surface area contributed by atoms with Gasteiger partial charge in [-0.15, -0.1) is 0 Å².